The van der Waals surface area contributed by atoms with Crippen molar-refractivity contribution in [3.8, 4) is 11.5 Å². The van der Waals surface area contributed by atoms with Crippen molar-refractivity contribution >= 4 is 58.5 Å². The molecule has 0 aliphatic carbocycles. The van der Waals surface area contributed by atoms with Crippen molar-refractivity contribution in [3.05, 3.63) is 118 Å². The molecule has 0 aliphatic heterocycles. The second-order valence-corrected chi connectivity index (χ2v) is 11.5. The van der Waals surface area contributed by atoms with Gasteiger partial charge < -0.3 is 25.4 Å². The van der Waals surface area contributed by atoms with Crippen molar-refractivity contribution in [1.29, 1.82) is 0 Å². The lowest BCUT2D eigenvalue weighted by atomic mass is 10.1. The number of thioether (sulfide) groups is 1. The van der Waals surface area contributed by atoms with Crippen LogP contribution in [-0.4, -0.2) is 37.2 Å². The van der Waals surface area contributed by atoms with E-state index in [4.69, 9.17) is 21.1 Å². The van der Waals surface area contributed by atoms with E-state index in [2.05, 4.69) is 16.0 Å². The van der Waals surface area contributed by atoms with E-state index >= 15 is 0 Å². The fraction of sp³-hybridized carbons (Fsp3) is 0.147. The number of hydrogen-bond acceptors (Lipinski definition) is 6. The predicted molar refractivity (Wildman–Crippen MR) is 177 cm³/mol. The third-order valence-corrected chi connectivity index (χ3v) is 7.82. The van der Waals surface area contributed by atoms with Gasteiger partial charge in [-0.15, -0.1) is 11.8 Å². The number of aryl methyl sites for hydroxylation is 1. The molecule has 3 amide bonds. The summed E-state index contributed by atoms with van der Waals surface area (Å²) in [6.45, 7) is 3.74. The molecular formula is C34H32ClN3O5S. The lowest BCUT2D eigenvalue weighted by Crippen LogP contribution is -2.30. The molecule has 4 aromatic carbocycles. The minimum atomic E-state index is -0.476. The SMILES string of the molecule is COc1cc(OC)c(NC(=O)C(C)Sc2ccc(NC(=O)/C(=C/c3cccc(C)c3)NC(=O)c3ccccc3)cc2)cc1Cl. The molecule has 1 atom stereocenters. The Hall–Kier alpha value is -4.73. The van der Waals surface area contributed by atoms with Gasteiger partial charge in [-0.1, -0.05) is 59.6 Å². The van der Waals surface area contributed by atoms with Gasteiger partial charge in [0.2, 0.25) is 5.91 Å². The monoisotopic (exact) mass is 629 g/mol. The van der Waals surface area contributed by atoms with Crippen molar-refractivity contribution in [3.63, 3.8) is 0 Å². The van der Waals surface area contributed by atoms with Crippen LogP contribution in [0, 0.1) is 6.92 Å². The Morgan fingerprint density at radius 1 is 0.841 bits per heavy atom. The highest BCUT2D eigenvalue weighted by Gasteiger charge is 2.19. The number of nitrogens with one attached hydrogen (secondary N) is 3. The average Bonchev–Trinajstić information content (AvgIpc) is 3.02. The summed E-state index contributed by atoms with van der Waals surface area (Å²) >= 11 is 7.58. The molecule has 0 saturated carbocycles. The third-order valence-electron chi connectivity index (χ3n) is 6.41. The molecule has 4 aromatic rings. The number of carbonyl (C=O) groups is 3. The lowest BCUT2D eigenvalue weighted by Gasteiger charge is -2.16. The van der Waals surface area contributed by atoms with E-state index in [1.807, 2.05) is 37.3 Å². The van der Waals surface area contributed by atoms with Gasteiger partial charge in [0.05, 0.1) is 30.2 Å². The van der Waals surface area contributed by atoms with Crippen LogP contribution in [-0.2, 0) is 9.59 Å². The molecule has 10 heteroatoms. The highest BCUT2D eigenvalue weighted by molar-refractivity contribution is 8.00. The summed E-state index contributed by atoms with van der Waals surface area (Å²) in [5, 5.41) is 8.33. The summed E-state index contributed by atoms with van der Waals surface area (Å²) in [4.78, 5) is 40.0. The van der Waals surface area contributed by atoms with E-state index in [1.165, 1.54) is 26.0 Å². The number of amides is 3. The lowest BCUT2D eigenvalue weighted by molar-refractivity contribution is -0.115. The van der Waals surface area contributed by atoms with Gasteiger partial charge in [-0.25, -0.2) is 0 Å². The average molecular weight is 630 g/mol. The summed E-state index contributed by atoms with van der Waals surface area (Å²) in [5.41, 5.74) is 3.29. The van der Waals surface area contributed by atoms with Gasteiger partial charge in [0.25, 0.3) is 11.8 Å². The maximum absolute atomic E-state index is 13.3. The van der Waals surface area contributed by atoms with Gasteiger partial charge in [0.15, 0.2) is 0 Å². The minimum Gasteiger partial charge on any atom is -0.495 e. The van der Waals surface area contributed by atoms with Crippen LogP contribution in [0.4, 0.5) is 11.4 Å². The zero-order chi connectivity index (χ0) is 31.6. The fourth-order valence-electron chi connectivity index (χ4n) is 4.13. The molecule has 4 rings (SSSR count). The molecule has 0 aromatic heterocycles. The molecule has 0 radical (unpaired) electrons. The van der Waals surface area contributed by atoms with Crippen molar-refractivity contribution in [1.82, 2.24) is 5.32 Å². The summed E-state index contributed by atoms with van der Waals surface area (Å²) in [6.07, 6.45) is 1.64. The maximum atomic E-state index is 13.3. The standard InChI is InChI=1S/C34H32ClN3O5S/c1-21-9-8-10-23(17-21)18-29(38-33(40)24-11-6-5-7-12-24)34(41)36-25-13-15-26(16-14-25)44-22(2)32(39)37-28-19-27(35)30(42-3)20-31(28)43-4/h5-20,22H,1-4H3,(H,36,41)(H,37,39)(H,38,40)/b29-18-. The predicted octanol–water partition coefficient (Wildman–Crippen LogP) is 7.19. The molecule has 3 N–H and O–H groups in total. The van der Waals surface area contributed by atoms with E-state index < -0.39 is 17.1 Å². The highest BCUT2D eigenvalue weighted by atomic mass is 35.5. The summed E-state index contributed by atoms with van der Waals surface area (Å²) in [7, 11) is 2.99. The minimum absolute atomic E-state index is 0.0993. The zero-order valence-corrected chi connectivity index (χ0v) is 26.2. The van der Waals surface area contributed by atoms with E-state index in [1.54, 1.807) is 73.7 Å². The number of rotatable bonds is 11. The van der Waals surface area contributed by atoms with Gasteiger partial charge in [-0.3, -0.25) is 14.4 Å². The number of methoxy groups -OCH3 is 2. The Balaban J connectivity index is 1.43. The van der Waals surface area contributed by atoms with Crippen LogP contribution in [0.3, 0.4) is 0 Å². The van der Waals surface area contributed by atoms with Crippen LogP contribution >= 0.6 is 23.4 Å². The second kappa shape index (κ2) is 15.1. The Morgan fingerprint density at radius 2 is 1.55 bits per heavy atom. The van der Waals surface area contributed by atoms with Crippen LogP contribution in [0.1, 0.15) is 28.4 Å². The van der Waals surface area contributed by atoms with Crippen molar-refractivity contribution in [2.75, 3.05) is 24.9 Å². The highest BCUT2D eigenvalue weighted by Crippen LogP contribution is 2.36. The van der Waals surface area contributed by atoms with E-state index in [9.17, 15) is 14.4 Å². The molecule has 44 heavy (non-hydrogen) atoms. The van der Waals surface area contributed by atoms with Gasteiger partial charge in [-0.05, 0) is 68.0 Å². The number of anilines is 2. The first kappa shape index (κ1) is 32.2. The van der Waals surface area contributed by atoms with Gasteiger partial charge in [0.1, 0.15) is 17.2 Å². The van der Waals surface area contributed by atoms with E-state index in [0.717, 1.165) is 16.0 Å². The molecule has 8 nitrogen and oxygen atoms in total. The summed E-state index contributed by atoms with van der Waals surface area (Å²) in [6, 6.07) is 26.6. The number of benzene rings is 4. The molecule has 0 heterocycles. The molecule has 0 saturated heterocycles. The van der Waals surface area contributed by atoms with Crippen LogP contribution in [0.25, 0.3) is 6.08 Å². The first-order chi connectivity index (χ1) is 21.2. The smallest absolute Gasteiger partial charge is 0.272 e. The van der Waals surface area contributed by atoms with Crippen molar-refractivity contribution < 1.29 is 23.9 Å². The normalized spacial score (nSPS) is 11.7. The topological polar surface area (TPSA) is 106 Å². The van der Waals surface area contributed by atoms with Gasteiger partial charge in [-0.2, -0.15) is 0 Å². The Morgan fingerprint density at radius 3 is 2.20 bits per heavy atom. The van der Waals surface area contributed by atoms with Crippen LogP contribution < -0.4 is 25.4 Å². The van der Waals surface area contributed by atoms with Crippen LogP contribution in [0.2, 0.25) is 5.02 Å². The Kier molecular flexibility index (Phi) is 11.1. The molecule has 226 valence electrons. The van der Waals surface area contributed by atoms with Crippen molar-refractivity contribution in [2.24, 2.45) is 0 Å². The van der Waals surface area contributed by atoms with Crippen molar-refractivity contribution in [2.45, 2.75) is 24.0 Å². The quantitative estimate of drug-likeness (QED) is 0.120. The number of carbonyl (C=O) groups excluding carboxylic acids is 3. The first-order valence-electron chi connectivity index (χ1n) is 13.6. The first-order valence-corrected chi connectivity index (χ1v) is 14.9. The zero-order valence-electron chi connectivity index (χ0n) is 24.6. The molecule has 0 bridgehead atoms. The molecule has 0 spiro atoms. The third kappa shape index (κ3) is 8.65. The van der Waals surface area contributed by atoms with E-state index in [-0.39, 0.29) is 11.6 Å². The van der Waals surface area contributed by atoms with Gasteiger partial charge in [0, 0.05) is 22.2 Å². The molecular weight excluding hydrogens is 598 g/mol. The van der Waals surface area contributed by atoms with Crippen LogP contribution in [0.15, 0.2) is 102 Å². The van der Waals surface area contributed by atoms with E-state index in [0.29, 0.717) is 33.5 Å². The Labute approximate surface area is 265 Å². The Bertz CT molecular complexity index is 1680. The molecule has 1 unspecified atom stereocenters. The van der Waals surface area contributed by atoms with Crippen LogP contribution in [0.5, 0.6) is 11.5 Å². The largest absolute Gasteiger partial charge is 0.495 e. The molecule has 0 fully saturated rings. The number of hydrogen-bond donors (Lipinski definition) is 3. The molecule has 0 aliphatic rings. The fourth-order valence-corrected chi connectivity index (χ4v) is 5.24. The summed E-state index contributed by atoms with van der Waals surface area (Å²) in [5.74, 6) is -0.253. The van der Waals surface area contributed by atoms with Gasteiger partial charge >= 0.3 is 0 Å². The number of halogens is 1. The number of ether oxygens (including phenoxy) is 2. The maximum Gasteiger partial charge on any atom is 0.272 e. The summed E-state index contributed by atoms with van der Waals surface area (Å²) < 4.78 is 10.6. The second-order valence-electron chi connectivity index (χ2n) is 9.71.